The van der Waals surface area contributed by atoms with Crippen molar-refractivity contribution in [3.63, 3.8) is 0 Å². The number of piperazine rings is 1. The minimum Gasteiger partial charge on any atom is -0.352 e. The van der Waals surface area contributed by atoms with Crippen molar-refractivity contribution in [2.75, 3.05) is 40.9 Å². The maximum Gasteiger partial charge on any atom is 0.256 e. The number of amides is 1. The third kappa shape index (κ3) is 5.91. The topological polar surface area (TPSA) is 136 Å². The van der Waals surface area contributed by atoms with E-state index in [1.807, 2.05) is 55.3 Å². The summed E-state index contributed by atoms with van der Waals surface area (Å²) >= 11 is 0. The van der Waals surface area contributed by atoms with Crippen LogP contribution in [0.3, 0.4) is 0 Å². The molecule has 2 aromatic heterocycles. The van der Waals surface area contributed by atoms with Gasteiger partial charge in [-0.15, -0.1) is 4.40 Å². The Morgan fingerprint density at radius 3 is 2.60 bits per heavy atom. The van der Waals surface area contributed by atoms with E-state index < -0.39 is 10.0 Å². The molecule has 1 aliphatic rings. The van der Waals surface area contributed by atoms with Crippen LogP contribution < -0.4 is 15.5 Å². The summed E-state index contributed by atoms with van der Waals surface area (Å²) in [4.78, 5) is 29.1. The Hall–Kier alpha value is -4.45. The van der Waals surface area contributed by atoms with Crippen molar-refractivity contribution in [2.45, 2.75) is 26.8 Å². The van der Waals surface area contributed by atoms with Crippen molar-refractivity contribution in [3.8, 4) is 0 Å². The normalized spacial score (nSPS) is 16.3. The highest BCUT2D eigenvalue weighted by Crippen LogP contribution is 2.28. The molecule has 3 heterocycles. The number of aromatic amines is 1. The third-order valence-corrected chi connectivity index (χ3v) is 8.03. The number of hydrogen-bond donors (Lipinski definition) is 3. The van der Waals surface area contributed by atoms with Crippen LogP contribution in [0.1, 0.15) is 29.8 Å². The van der Waals surface area contributed by atoms with Crippen LogP contribution in [-0.2, 0) is 10.0 Å². The Balaban J connectivity index is 1.38. The summed E-state index contributed by atoms with van der Waals surface area (Å²) in [7, 11) is -3.71. The number of carbonyl (C=O) groups excluding carboxylic acids is 1. The number of benzene rings is 2. The van der Waals surface area contributed by atoms with Gasteiger partial charge < -0.3 is 25.4 Å². The van der Waals surface area contributed by atoms with E-state index in [-0.39, 0.29) is 23.7 Å². The zero-order valence-corrected chi connectivity index (χ0v) is 23.4. The molecule has 0 bridgehead atoms. The third-order valence-electron chi connectivity index (χ3n) is 6.85. The van der Waals surface area contributed by atoms with Gasteiger partial charge in [-0.25, -0.2) is 18.4 Å². The Kier molecular flexibility index (Phi) is 7.69. The first kappa shape index (κ1) is 27.1. The molecule has 0 radical (unpaired) electrons. The molecule has 12 heteroatoms. The number of H-pyrrole nitrogens is 1. The lowest BCUT2D eigenvalue weighted by atomic mass is 10.1. The van der Waals surface area contributed by atoms with Crippen LogP contribution in [0.15, 0.2) is 71.5 Å². The van der Waals surface area contributed by atoms with Gasteiger partial charge in [0.1, 0.15) is 17.8 Å². The number of para-hydroxylation sites is 1. The van der Waals surface area contributed by atoms with Crippen molar-refractivity contribution in [1.82, 2.24) is 19.9 Å². The van der Waals surface area contributed by atoms with E-state index in [4.69, 9.17) is 0 Å². The van der Waals surface area contributed by atoms with Gasteiger partial charge in [0, 0.05) is 48.8 Å². The quantitative estimate of drug-likeness (QED) is 0.239. The highest BCUT2D eigenvalue weighted by Gasteiger charge is 2.29. The molecule has 0 unspecified atom stereocenters. The van der Waals surface area contributed by atoms with E-state index in [0.717, 1.165) is 22.4 Å². The smallest absolute Gasteiger partial charge is 0.256 e. The molecular formula is C28H32N8O3S. The van der Waals surface area contributed by atoms with Gasteiger partial charge in [-0.1, -0.05) is 24.3 Å². The average molecular weight is 561 g/mol. The Labute approximate surface area is 233 Å². The molecule has 1 atom stereocenters. The number of aryl methyl sites for hydroxylation is 1. The summed E-state index contributed by atoms with van der Waals surface area (Å²) in [6, 6.07) is 16.0. The first-order valence-electron chi connectivity index (χ1n) is 13.1. The van der Waals surface area contributed by atoms with Crippen LogP contribution in [0.5, 0.6) is 0 Å². The number of sulfonamides is 1. The van der Waals surface area contributed by atoms with Gasteiger partial charge in [0.25, 0.3) is 15.9 Å². The van der Waals surface area contributed by atoms with Crippen LogP contribution in [-0.4, -0.2) is 71.6 Å². The molecule has 40 heavy (non-hydrogen) atoms. The molecule has 2 aromatic carbocycles. The Bertz CT molecular complexity index is 1650. The standard InChI is InChI=1S/C28H32N8O3S/c1-4-40(38,39)34-28(33-23-12-8-9-21(15-23)27(37)32-22-10-6-5-7-11-22)36-14-13-35(17-20(36)3)26-24-19(2)16-29-25(24)30-18-31-26/h5-12,15-16,18,20H,4,13-14,17H2,1-3H3,(H,32,37)(H,33,34)(H,29,30,31)/t20-/m0/s1. The Morgan fingerprint density at radius 1 is 1.07 bits per heavy atom. The van der Waals surface area contributed by atoms with Crippen LogP contribution in [0.2, 0.25) is 0 Å². The van der Waals surface area contributed by atoms with E-state index in [1.54, 1.807) is 37.5 Å². The van der Waals surface area contributed by atoms with Gasteiger partial charge in [-0.05, 0) is 56.7 Å². The number of nitrogens with zero attached hydrogens (tertiary/aromatic N) is 5. The monoisotopic (exact) mass is 560 g/mol. The number of rotatable bonds is 6. The van der Waals surface area contributed by atoms with Gasteiger partial charge >= 0.3 is 0 Å². The summed E-state index contributed by atoms with van der Waals surface area (Å²) in [5.41, 5.74) is 3.52. The van der Waals surface area contributed by atoms with E-state index in [0.29, 0.717) is 36.6 Å². The molecule has 3 N–H and O–H groups in total. The number of aromatic nitrogens is 3. The van der Waals surface area contributed by atoms with Gasteiger partial charge in [-0.3, -0.25) is 4.79 Å². The number of guanidine groups is 1. The van der Waals surface area contributed by atoms with Crippen LogP contribution in [0.25, 0.3) is 11.0 Å². The predicted octanol–water partition coefficient (Wildman–Crippen LogP) is 3.85. The van der Waals surface area contributed by atoms with E-state index in [1.165, 1.54) is 0 Å². The van der Waals surface area contributed by atoms with Gasteiger partial charge in [0.15, 0.2) is 0 Å². The molecule has 1 amide bonds. The summed E-state index contributed by atoms with van der Waals surface area (Å²) in [6.07, 6.45) is 3.47. The molecule has 4 aromatic rings. The van der Waals surface area contributed by atoms with Crippen LogP contribution in [0.4, 0.5) is 17.2 Å². The Morgan fingerprint density at radius 2 is 1.85 bits per heavy atom. The van der Waals surface area contributed by atoms with Crippen molar-refractivity contribution in [2.24, 2.45) is 4.40 Å². The van der Waals surface area contributed by atoms with Crippen LogP contribution in [0, 0.1) is 6.92 Å². The molecule has 1 fully saturated rings. The second-order valence-corrected chi connectivity index (χ2v) is 11.6. The lowest BCUT2D eigenvalue weighted by Gasteiger charge is -2.42. The number of carbonyl (C=O) groups is 1. The number of fused-ring (bicyclic) bond motifs is 1. The zero-order valence-electron chi connectivity index (χ0n) is 22.6. The molecule has 208 valence electrons. The molecule has 1 saturated heterocycles. The van der Waals surface area contributed by atoms with E-state index >= 15 is 0 Å². The van der Waals surface area contributed by atoms with Gasteiger partial charge in [-0.2, -0.15) is 0 Å². The lowest BCUT2D eigenvalue weighted by molar-refractivity contribution is 0.102. The largest absolute Gasteiger partial charge is 0.352 e. The fourth-order valence-electron chi connectivity index (χ4n) is 4.74. The molecule has 0 aliphatic carbocycles. The maximum atomic E-state index is 12.9. The van der Waals surface area contributed by atoms with E-state index in [2.05, 4.69) is 34.9 Å². The second-order valence-electron chi connectivity index (χ2n) is 9.69. The summed E-state index contributed by atoms with van der Waals surface area (Å²) < 4.78 is 29.4. The summed E-state index contributed by atoms with van der Waals surface area (Å²) in [5.74, 6) is 0.672. The maximum absolute atomic E-state index is 12.9. The molecule has 0 saturated carbocycles. The van der Waals surface area contributed by atoms with Gasteiger partial charge in [0.05, 0.1) is 11.1 Å². The highest BCUT2D eigenvalue weighted by molar-refractivity contribution is 7.90. The molecule has 0 spiro atoms. The van der Waals surface area contributed by atoms with Crippen molar-refractivity contribution in [3.05, 3.63) is 78.2 Å². The number of nitrogens with one attached hydrogen (secondary N) is 3. The zero-order chi connectivity index (χ0) is 28.3. The first-order chi connectivity index (χ1) is 19.2. The first-order valence-corrected chi connectivity index (χ1v) is 14.7. The summed E-state index contributed by atoms with van der Waals surface area (Å²) in [6.45, 7) is 7.32. The lowest BCUT2D eigenvalue weighted by Crippen LogP contribution is -2.56. The fourth-order valence-corrected chi connectivity index (χ4v) is 5.28. The fraction of sp³-hybridized carbons (Fsp3) is 0.286. The molecule has 1 aliphatic heterocycles. The number of anilines is 3. The van der Waals surface area contributed by atoms with Crippen molar-refractivity contribution >= 4 is 50.1 Å². The highest BCUT2D eigenvalue weighted by atomic mass is 32.2. The van der Waals surface area contributed by atoms with Crippen molar-refractivity contribution < 1.29 is 13.2 Å². The van der Waals surface area contributed by atoms with Crippen molar-refractivity contribution in [1.29, 1.82) is 0 Å². The summed E-state index contributed by atoms with van der Waals surface area (Å²) in [5, 5.41) is 7.04. The second kappa shape index (κ2) is 11.3. The van der Waals surface area contributed by atoms with Gasteiger partial charge in [0.2, 0.25) is 5.96 Å². The van der Waals surface area contributed by atoms with E-state index in [9.17, 15) is 13.2 Å². The van der Waals surface area contributed by atoms with Crippen LogP contribution >= 0.6 is 0 Å². The molecule has 5 rings (SSSR count). The molecular weight excluding hydrogens is 528 g/mol. The number of hydrogen-bond acceptors (Lipinski definition) is 6. The predicted molar refractivity (Wildman–Crippen MR) is 158 cm³/mol. The SMILES string of the molecule is CCS(=O)(=O)/N=C(\Nc1cccc(C(=O)Nc2ccccc2)c1)N1CCN(c2ncnc3[nH]cc(C)c23)C[C@@H]1C. The molecule has 11 nitrogen and oxygen atoms in total. The minimum absolute atomic E-state index is 0.0964. The minimum atomic E-state index is -3.71. The average Bonchev–Trinajstić information content (AvgIpc) is 3.34.